The molecule has 7 nitrogen and oxygen atoms in total. The van der Waals surface area contributed by atoms with Gasteiger partial charge in [-0.25, -0.2) is 9.97 Å². The van der Waals surface area contributed by atoms with Crippen LogP contribution in [-0.2, 0) is 16.1 Å². The van der Waals surface area contributed by atoms with E-state index in [-0.39, 0.29) is 12.5 Å². The molecule has 0 bridgehead atoms. The molecule has 1 aromatic heterocycles. The van der Waals surface area contributed by atoms with Crippen LogP contribution in [0.5, 0.6) is 0 Å². The van der Waals surface area contributed by atoms with E-state index in [1.165, 1.54) is 0 Å². The zero-order chi connectivity index (χ0) is 15.0. The van der Waals surface area contributed by atoms with Crippen LogP contribution in [0.3, 0.4) is 0 Å². The monoisotopic (exact) mass is 281 g/mol. The maximum Gasteiger partial charge on any atom is 0.239 e. The number of amides is 1. The van der Waals surface area contributed by atoms with E-state index in [0.717, 1.165) is 0 Å². The summed E-state index contributed by atoms with van der Waals surface area (Å²) in [5.74, 6) is 1.49. The molecule has 0 radical (unpaired) electrons. The molecule has 20 heavy (non-hydrogen) atoms. The molecule has 3 N–H and O–H groups in total. The van der Waals surface area contributed by atoms with Crippen LogP contribution in [0, 0.1) is 0 Å². The van der Waals surface area contributed by atoms with E-state index in [1.807, 2.05) is 25.7 Å². The molecule has 0 aromatic carbocycles. The Bertz CT molecular complexity index is 439. The van der Waals surface area contributed by atoms with Gasteiger partial charge in [0.15, 0.2) is 5.82 Å². The molecule has 0 aliphatic carbocycles. The second kappa shape index (κ2) is 8.31. The second-order valence-corrected chi connectivity index (χ2v) is 4.17. The predicted molar refractivity (Wildman–Crippen MR) is 78.3 cm³/mol. The first kappa shape index (κ1) is 16.2. The molecule has 1 amide bonds. The van der Waals surface area contributed by atoms with E-state index in [2.05, 4.69) is 15.3 Å². The molecule has 7 heteroatoms. The van der Waals surface area contributed by atoms with Gasteiger partial charge in [0.25, 0.3) is 0 Å². The first-order valence-electron chi connectivity index (χ1n) is 6.83. The minimum atomic E-state index is -0.0436. The SMILES string of the molecule is CCNC(=O)CN(CC)c1cc(N)nc(COCC)n1. The number of ether oxygens (including phenoxy) is 1. The fraction of sp³-hybridized carbons (Fsp3) is 0.615. The van der Waals surface area contributed by atoms with Crippen molar-refractivity contribution in [3.8, 4) is 0 Å². The number of anilines is 2. The minimum absolute atomic E-state index is 0.0436. The van der Waals surface area contributed by atoms with Gasteiger partial charge in [-0.1, -0.05) is 0 Å². The number of carbonyl (C=O) groups excluding carboxylic acids is 1. The van der Waals surface area contributed by atoms with Crippen LogP contribution in [0.15, 0.2) is 6.07 Å². The highest BCUT2D eigenvalue weighted by Crippen LogP contribution is 2.14. The second-order valence-electron chi connectivity index (χ2n) is 4.17. The maximum absolute atomic E-state index is 11.7. The standard InChI is InChI=1S/C13H23N5O2/c1-4-15-13(19)8-18(5-2)12-7-10(14)16-11(17-12)9-20-6-3/h7H,4-6,8-9H2,1-3H3,(H,15,19)(H2,14,16,17). The number of rotatable bonds is 8. The van der Waals surface area contributed by atoms with Crippen molar-refractivity contribution in [2.24, 2.45) is 0 Å². The summed E-state index contributed by atoms with van der Waals surface area (Å²) in [5, 5.41) is 2.76. The van der Waals surface area contributed by atoms with Gasteiger partial charge in [-0.2, -0.15) is 0 Å². The molecular formula is C13H23N5O2. The van der Waals surface area contributed by atoms with Crippen molar-refractivity contribution in [3.05, 3.63) is 11.9 Å². The van der Waals surface area contributed by atoms with Crippen molar-refractivity contribution >= 4 is 17.5 Å². The van der Waals surface area contributed by atoms with Crippen molar-refractivity contribution in [2.75, 3.05) is 36.9 Å². The van der Waals surface area contributed by atoms with Crippen LogP contribution in [0.25, 0.3) is 0 Å². The Morgan fingerprint density at radius 2 is 2.15 bits per heavy atom. The summed E-state index contributed by atoms with van der Waals surface area (Å²) in [7, 11) is 0. The van der Waals surface area contributed by atoms with Crippen LogP contribution in [0.2, 0.25) is 0 Å². The number of likely N-dealkylation sites (N-methyl/N-ethyl adjacent to an activating group) is 2. The number of hydrogen-bond acceptors (Lipinski definition) is 6. The third-order valence-electron chi connectivity index (χ3n) is 2.63. The van der Waals surface area contributed by atoms with Gasteiger partial charge in [0.1, 0.15) is 18.2 Å². The molecule has 0 atom stereocenters. The third kappa shape index (κ3) is 5.00. The van der Waals surface area contributed by atoms with Crippen LogP contribution in [0.1, 0.15) is 26.6 Å². The molecule has 0 aliphatic rings. The summed E-state index contributed by atoms with van der Waals surface area (Å²) in [6.45, 7) is 8.16. The fourth-order valence-electron chi connectivity index (χ4n) is 1.70. The Labute approximate surface area is 119 Å². The Morgan fingerprint density at radius 1 is 1.40 bits per heavy atom. The van der Waals surface area contributed by atoms with Crippen LogP contribution >= 0.6 is 0 Å². The molecule has 1 rings (SSSR count). The number of aromatic nitrogens is 2. The summed E-state index contributed by atoms with van der Waals surface area (Å²) < 4.78 is 5.28. The molecule has 0 saturated heterocycles. The van der Waals surface area contributed by atoms with Crippen molar-refractivity contribution in [1.29, 1.82) is 0 Å². The zero-order valence-electron chi connectivity index (χ0n) is 12.3. The van der Waals surface area contributed by atoms with E-state index < -0.39 is 0 Å². The average Bonchev–Trinajstić information content (AvgIpc) is 2.42. The van der Waals surface area contributed by atoms with Gasteiger partial charge in [0, 0.05) is 25.8 Å². The molecule has 0 saturated carbocycles. The molecule has 0 aliphatic heterocycles. The average molecular weight is 281 g/mol. The number of nitrogens with zero attached hydrogens (tertiary/aromatic N) is 3. The van der Waals surface area contributed by atoms with Gasteiger partial charge in [-0.15, -0.1) is 0 Å². The first-order valence-corrected chi connectivity index (χ1v) is 6.83. The molecule has 0 unspecified atom stereocenters. The van der Waals surface area contributed by atoms with Crippen molar-refractivity contribution < 1.29 is 9.53 Å². The lowest BCUT2D eigenvalue weighted by molar-refractivity contribution is -0.119. The van der Waals surface area contributed by atoms with Gasteiger partial charge in [0.2, 0.25) is 5.91 Å². The summed E-state index contributed by atoms with van der Waals surface area (Å²) in [6, 6.07) is 1.66. The predicted octanol–water partition coefficient (Wildman–Crippen LogP) is 0.558. The van der Waals surface area contributed by atoms with Gasteiger partial charge in [0.05, 0.1) is 6.54 Å². The van der Waals surface area contributed by atoms with Crippen molar-refractivity contribution in [2.45, 2.75) is 27.4 Å². The fourth-order valence-corrected chi connectivity index (χ4v) is 1.70. The molecule has 0 fully saturated rings. The van der Waals surface area contributed by atoms with Gasteiger partial charge < -0.3 is 20.7 Å². The number of nitrogens with two attached hydrogens (primary N) is 1. The van der Waals surface area contributed by atoms with E-state index >= 15 is 0 Å². The number of carbonyl (C=O) groups is 1. The number of hydrogen-bond donors (Lipinski definition) is 2. The minimum Gasteiger partial charge on any atom is -0.384 e. The Balaban J connectivity index is 2.85. The summed E-state index contributed by atoms with van der Waals surface area (Å²) in [4.78, 5) is 22.0. The maximum atomic E-state index is 11.7. The van der Waals surface area contributed by atoms with Gasteiger partial charge >= 0.3 is 0 Å². The van der Waals surface area contributed by atoms with Gasteiger partial charge in [-0.05, 0) is 20.8 Å². The smallest absolute Gasteiger partial charge is 0.239 e. The zero-order valence-corrected chi connectivity index (χ0v) is 12.3. The van der Waals surface area contributed by atoms with Crippen molar-refractivity contribution in [3.63, 3.8) is 0 Å². The highest BCUT2D eigenvalue weighted by molar-refractivity contribution is 5.81. The van der Waals surface area contributed by atoms with Crippen LogP contribution in [0.4, 0.5) is 11.6 Å². The van der Waals surface area contributed by atoms with Crippen LogP contribution < -0.4 is 16.0 Å². The summed E-state index contributed by atoms with van der Waals surface area (Å²) in [6.07, 6.45) is 0. The molecular weight excluding hydrogens is 258 g/mol. The lowest BCUT2D eigenvalue weighted by atomic mass is 10.4. The van der Waals surface area contributed by atoms with E-state index in [0.29, 0.717) is 43.8 Å². The Morgan fingerprint density at radius 3 is 2.75 bits per heavy atom. The highest BCUT2D eigenvalue weighted by Gasteiger charge is 2.13. The summed E-state index contributed by atoms with van der Waals surface area (Å²) in [5.41, 5.74) is 5.78. The largest absolute Gasteiger partial charge is 0.384 e. The van der Waals surface area contributed by atoms with Crippen LogP contribution in [-0.4, -0.2) is 42.1 Å². The van der Waals surface area contributed by atoms with Crippen molar-refractivity contribution in [1.82, 2.24) is 15.3 Å². The quantitative estimate of drug-likeness (QED) is 0.723. The van der Waals surface area contributed by atoms with Gasteiger partial charge in [-0.3, -0.25) is 4.79 Å². The first-order chi connectivity index (χ1) is 9.60. The van der Waals surface area contributed by atoms with E-state index in [4.69, 9.17) is 10.5 Å². The highest BCUT2D eigenvalue weighted by atomic mass is 16.5. The molecule has 0 spiro atoms. The number of nitrogens with one attached hydrogen (secondary N) is 1. The van der Waals surface area contributed by atoms with E-state index in [1.54, 1.807) is 6.07 Å². The van der Waals surface area contributed by atoms with E-state index in [9.17, 15) is 4.79 Å². The molecule has 112 valence electrons. The lowest BCUT2D eigenvalue weighted by Crippen LogP contribution is -2.37. The lowest BCUT2D eigenvalue weighted by Gasteiger charge is -2.21. The topological polar surface area (TPSA) is 93.4 Å². The third-order valence-corrected chi connectivity index (χ3v) is 2.63. The summed E-state index contributed by atoms with van der Waals surface area (Å²) >= 11 is 0. The Hall–Kier alpha value is -1.89. The molecule has 1 aromatic rings. The number of nitrogen functional groups attached to an aromatic ring is 1. The normalized spacial score (nSPS) is 10.3. The Kier molecular flexibility index (Phi) is 6.72. The molecule has 1 heterocycles.